The van der Waals surface area contributed by atoms with Crippen LogP contribution in [0.1, 0.15) is 11.1 Å². The van der Waals surface area contributed by atoms with Crippen LogP contribution in [0.2, 0.25) is 25.7 Å². The summed E-state index contributed by atoms with van der Waals surface area (Å²) in [4.78, 5) is 0. The zero-order valence-corrected chi connectivity index (χ0v) is 13.6. The first-order chi connectivity index (χ1) is 9.90. The maximum atomic E-state index is 10.5. The molecule has 3 rings (SSSR count). The lowest BCUT2D eigenvalue weighted by molar-refractivity contribution is 0.244. The van der Waals surface area contributed by atoms with Crippen molar-refractivity contribution in [2.24, 2.45) is 0 Å². The summed E-state index contributed by atoms with van der Waals surface area (Å²) in [5.41, 5.74) is 1.52. The van der Waals surface area contributed by atoms with Gasteiger partial charge in [-0.05, 0) is 6.04 Å². The molecule has 0 amide bonds. The zero-order chi connectivity index (χ0) is 15.2. The molecule has 0 radical (unpaired) electrons. The normalized spacial score (nSPS) is 17.3. The quantitative estimate of drug-likeness (QED) is 0.850. The van der Waals surface area contributed by atoms with Crippen LogP contribution < -0.4 is 4.74 Å². The molecule has 1 N–H and O–H groups in total. The van der Waals surface area contributed by atoms with Gasteiger partial charge in [-0.1, -0.05) is 43.9 Å². The molecular weight excluding hydrogens is 278 g/mol. The Bertz CT molecular complexity index is 756. The van der Waals surface area contributed by atoms with Gasteiger partial charge in [-0.3, -0.25) is 0 Å². The summed E-state index contributed by atoms with van der Waals surface area (Å²) in [6.07, 6.45) is 0.808. The number of aromatic hydroxyl groups is 1. The van der Waals surface area contributed by atoms with Crippen LogP contribution in [0.3, 0.4) is 0 Å². The Morgan fingerprint density at radius 1 is 1.29 bits per heavy atom. The second kappa shape index (κ2) is 4.78. The van der Waals surface area contributed by atoms with Crippen molar-refractivity contribution in [3.63, 3.8) is 0 Å². The molecule has 0 saturated carbocycles. The molecule has 1 aliphatic rings. The van der Waals surface area contributed by atoms with Crippen molar-refractivity contribution >= 4 is 18.8 Å². The minimum Gasteiger partial charge on any atom is -0.504 e. The van der Waals surface area contributed by atoms with Crippen molar-refractivity contribution in [1.29, 1.82) is 5.26 Å². The number of hydrogen-bond donors (Lipinski definition) is 1. The lowest BCUT2D eigenvalue weighted by atomic mass is 9.96. The van der Waals surface area contributed by atoms with E-state index in [-0.39, 0.29) is 11.9 Å². The fourth-order valence-electron chi connectivity index (χ4n) is 3.13. The minimum absolute atomic E-state index is 0.0847. The van der Waals surface area contributed by atoms with Crippen LogP contribution in [-0.4, -0.2) is 19.3 Å². The van der Waals surface area contributed by atoms with Gasteiger partial charge in [-0.2, -0.15) is 5.26 Å². The monoisotopic (exact) mass is 297 g/mol. The predicted molar refractivity (Wildman–Crippen MR) is 86.6 cm³/mol. The molecule has 3 nitrogen and oxygen atoms in total. The number of hydrogen-bond acceptors (Lipinski definition) is 3. The highest BCUT2D eigenvalue weighted by atomic mass is 28.3. The number of benzene rings is 2. The first-order valence-corrected chi connectivity index (χ1v) is 10.9. The Morgan fingerprint density at radius 3 is 2.57 bits per heavy atom. The van der Waals surface area contributed by atoms with Gasteiger partial charge >= 0.3 is 0 Å². The Kier molecular flexibility index (Phi) is 3.18. The summed E-state index contributed by atoms with van der Waals surface area (Å²) in [6, 6.07) is 10.8. The van der Waals surface area contributed by atoms with Gasteiger partial charge in [0.15, 0.2) is 11.5 Å². The van der Waals surface area contributed by atoms with Crippen molar-refractivity contribution in [1.82, 2.24) is 0 Å². The summed E-state index contributed by atoms with van der Waals surface area (Å²) < 4.78 is 6.00. The smallest absolute Gasteiger partial charge is 0.166 e. The van der Waals surface area contributed by atoms with E-state index in [0.717, 1.165) is 23.4 Å². The van der Waals surface area contributed by atoms with Crippen LogP contribution in [0.15, 0.2) is 24.3 Å². The van der Waals surface area contributed by atoms with Gasteiger partial charge in [-0.15, -0.1) is 0 Å². The maximum Gasteiger partial charge on any atom is 0.166 e. The molecule has 0 fully saturated rings. The number of rotatable bonds is 2. The van der Waals surface area contributed by atoms with Crippen molar-refractivity contribution < 1.29 is 9.84 Å². The number of phenolic OH excluding ortho intramolecular Hbond substituents is 1. The third-order valence-electron chi connectivity index (χ3n) is 3.91. The first kappa shape index (κ1) is 14.0. The van der Waals surface area contributed by atoms with Crippen molar-refractivity contribution in [2.75, 3.05) is 0 Å². The molecule has 4 heteroatoms. The van der Waals surface area contributed by atoms with E-state index in [0.29, 0.717) is 16.7 Å². The van der Waals surface area contributed by atoms with Gasteiger partial charge < -0.3 is 9.84 Å². The Hall–Kier alpha value is -1.99. The molecule has 1 atom stereocenters. The van der Waals surface area contributed by atoms with Gasteiger partial charge in [0, 0.05) is 30.8 Å². The average Bonchev–Trinajstić information content (AvgIpc) is 2.81. The van der Waals surface area contributed by atoms with E-state index in [4.69, 9.17) is 4.74 Å². The van der Waals surface area contributed by atoms with Gasteiger partial charge in [0.2, 0.25) is 0 Å². The highest BCUT2D eigenvalue weighted by Gasteiger charge is 2.33. The number of fused-ring (bicyclic) bond motifs is 2. The second-order valence-corrected chi connectivity index (χ2v) is 12.4. The van der Waals surface area contributed by atoms with Crippen LogP contribution in [0.5, 0.6) is 11.5 Å². The summed E-state index contributed by atoms with van der Waals surface area (Å²) in [6.45, 7) is 6.92. The average molecular weight is 297 g/mol. The predicted octanol–water partition coefficient (Wildman–Crippen LogP) is 4.06. The molecule has 2 aromatic rings. The molecule has 108 valence electrons. The fraction of sp³-hybridized carbons (Fsp3) is 0.353. The van der Waals surface area contributed by atoms with Crippen LogP contribution >= 0.6 is 0 Å². The number of nitrogens with zero attached hydrogens (tertiary/aromatic N) is 1. The van der Waals surface area contributed by atoms with E-state index in [1.807, 2.05) is 24.3 Å². The Labute approximate surface area is 125 Å². The SMILES string of the molecule is C[Si](C)(C)CC1Cc2c(c(O)c3ccccc3c2C#N)O1. The molecule has 1 unspecified atom stereocenters. The van der Waals surface area contributed by atoms with Gasteiger partial charge in [0.05, 0.1) is 5.56 Å². The summed E-state index contributed by atoms with van der Waals surface area (Å²) in [5.74, 6) is 0.700. The molecule has 0 saturated heterocycles. The summed E-state index contributed by atoms with van der Waals surface area (Å²) in [7, 11) is -1.26. The van der Waals surface area contributed by atoms with E-state index >= 15 is 0 Å². The van der Waals surface area contributed by atoms with Crippen molar-refractivity contribution in [2.45, 2.75) is 38.2 Å². The minimum atomic E-state index is -1.26. The fourth-order valence-corrected chi connectivity index (χ4v) is 4.72. The first-order valence-electron chi connectivity index (χ1n) is 7.24. The van der Waals surface area contributed by atoms with Crippen LogP contribution in [0.4, 0.5) is 0 Å². The van der Waals surface area contributed by atoms with E-state index in [1.165, 1.54) is 0 Å². The van der Waals surface area contributed by atoms with Gasteiger partial charge in [0.25, 0.3) is 0 Å². The lowest BCUT2D eigenvalue weighted by Crippen LogP contribution is -2.29. The van der Waals surface area contributed by atoms with Crippen molar-refractivity contribution in [3.8, 4) is 17.6 Å². The molecule has 21 heavy (non-hydrogen) atoms. The Balaban J connectivity index is 2.14. The topological polar surface area (TPSA) is 53.2 Å². The molecule has 0 bridgehead atoms. The zero-order valence-electron chi connectivity index (χ0n) is 12.6. The van der Waals surface area contributed by atoms with E-state index in [9.17, 15) is 10.4 Å². The van der Waals surface area contributed by atoms with Crippen LogP contribution in [0, 0.1) is 11.3 Å². The van der Waals surface area contributed by atoms with Gasteiger partial charge in [0.1, 0.15) is 12.2 Å². The number of phenols is 1. The molecule has 2 aromatic carbocycles. The highest BCUT2D eigenvalue weighted by Crippen LogP contribution is 2.46. The Morgan fingerprint density at radius 2 is 1.95 bits per heavy atom. The van der Waals surface area contributed by atoms with Crippen molar-refractivity contribution in [3.05, 3.63) is 35.4 Å². The second-order valence-electron chi connectivity index (χ2n) is 6.90. The number of ether oxygens (including phenoxy) is 1. The molecule has 1 aliphatic heterocycles. The summed E-state index contributed by atoms with van der Waals surface area (Å²) in [5, 5.41) is 21.5. The number of nitriles is 1. The molecule has 0 aromatic heterocycles. The lowest BCUT2D eigenvalue weighted by Gasteiger charge is -2.20. The van der Waals surface area contributed by atoms with Crippen LogP contribution in [0.25, 0.3) is 10.8 Å². The third-order valence-corrected chi connectivity index (χ3v) is 5.59. The third kappa shape index (κ3) is 2.38. The maximum absolute atomic E-state index is 10.5. The molecule has 0 spiro atoms. The van der Waals surface area contributed by atoms with E-state index in [1.54, 1.807) is 0 Å². The highest BCUT2D eigenvalue weighted by molar-refractivity contribution is 6.76. The molecule has 0 aliphatic carbocycles. The largest absolute Gasteiger partial charge is 0.504 e. The summed E-state index contributed by atoms with van der Waals surface area (Å²) >= 11 is 0. The van der Waals surface area contributed by atoms with E-state index < -0.39 is 8.07 Å². The van der Waals surface area contributed by atoms with E-state index in [2.05, 4.69) is 25.7 Å². The van der Waals surface area contributed by atoms with Gasteiger partial charge in [-0.25, -0.2) is 0 Å². The molecule has 1 heterocycles. The standard InChI is InChI=1S/C17H19NO2Si/c1-21(2,3)10-11-8-14-15(9-18)12-6-4-5-7-13(12)16(19)17(14)20-11/h4-7,11,19H,8,10H2,1-3H3. The molecular formula is C17H19NO2Si. The van der Waals surface area contributed by atoms with Crippen LogP contribution in [-0.2, 0) is 6.42 Å².